The van der Waals surface area contributed by atoms with Crippen molar-refractivity contribution in [2.45, 2.75) is 6.17 Å². The zero-order valence-corrected chi connectivity index (χ0v) is 20.0. The summed E-state index contributed by atoms with van der Waals surface area (Å²) in [4.78, 5) is 26.0. The molecule has 5 rings (SSSR count). The number of hydrogen-bond donors (Lipinski definition) is 5. The Kier molecular flexibility index (Phi) is 7.73. The third-order valence-electron chi connectivity index (χ3n) is 5.11. The number of amidine groups is 2. The number of halogens is 1. The Labute approximate surface area is 212 Å². The van der Waals surface area contributed by atoms with Crippen molar-refractivity contribution >= 4 is 40.7 Å². The van der Waals surface area contributed by atoms with Crippen LogP contribution in [-0.2, 0) is 0 Å². The lowest BCUT2D eigenvalue weighted by atomic mass is 10.1. The molecule has 1 amide bonds. The number of benzene rings is 2. The molecule has 11 nitrogen and oxygen atoms in total. The maximum absolute atomic E-state index is 12.9. The minimum absolute atomic E-state index is 0.0588. The summed E-state index contributed by atoms with van der Waals surface area (Å²) in [7, 11) is 1.00. The van der Waals surface area contributed by atoms with E-state index in [0.717, 1.165) is 12.7 Å². The van der Waals surface area contributed by atoms with Crippen LogP contribution < -0.4 is 21.9 Å². The number of fused-ring (bicyclic) bond motifs is 1. The van der Waals surface area contributed by atoms with Crippen LogP contribution in [0.15, 0.2) is 83.0 Å². The topological polar surface area (TPSA) is 153 Å². The maximum atomic E-state index is 12.9. The third-order valence-corrected chi connectivity index (χ3v) is 5.35. The lowest BCUT2D eigenvalue weighted by Gasteiger charge is -2.29. The second-order valence-corrected chi connectivity index (χ2v) is 7.91. The zero-order chi connectivity index (χ0) is 25.5. The fourth-order valence-corrected chi connectivity index (χ4v) is 3.63. The van der Waals surface area contributed by atoms with Crippen LogP contribution in [0.3, 0.4) is 0 Å². The van der Waals surface area contributed by atoms with Gasteiger partial charge in [0.05, 0.1) is 24.1 Å². The smallest absolute Gasteiger partial charge is 0.273 e. The van der Waals surface area contributed by atoms with Crippen molar-refractivity contribution in [3.05, 3.63) is 83.7 Å². The molecule has 3 heterocycles. The first-order valence-corrected chi connectivity index (χ1v) is 11.3. The number of aliphatic hydroxyl groups excluding tert-OH is 1. The molecule has 2 aliphatic rings. The van der Waals surface area contributed by atoms with E-state index in [0.29, 0.717) is 28.1 Å². The van der Waals surface area contributed by atoms with Gasteiger partial charge in [0.1, 0.15) is 5.84 Å². The van der Waals surface area contributed by atoms with Gasteiger partial charge in [-0.3, -0.25) is 15.6 Å². The molecule has 184 valence electrons. The van der Waals surface area contributed by atoms with Crippen molar-refractivity contribution in [2.24, 2.45) is 10.1 Å². The summed E-state index contributed by atoms with van der Waals surface area (Å²) in [6.07, 6.45) is 4.82. The molecule has 0 aliphatic carbocycles. The average Bonchev–Trinajstić information content (AvgIpc) is 3.31. The Morgan fingerprint density at radius 2 is 2.00 bits per heavy atom. The highest BCUT2D eigenvalue weighted by molar-refractivity contribution is 6.30. The van der Waals surface area contributed by atoms with E-state index in [1.807, 2.05) is 54.6 Å². The van der Waals surface area contributed by atoms with Gasteiger partial charge in [-0.2, -0.15) is 5.10 Å². The van der Waals surface area contributed by atoms with Gasteiger partial charge >= 0.3 is 0 Å². The number of rotatable bonds is 5. The van der Waals surface area contributed by atoms with E-state index in [9.17, 15) is 4.79 Å². The van der Waals surface area contributed by atoms with Crippen LogP contribution >= 0.6 is 11.6 Å². The fourth-order valence-electron chi connectivity index (χ4n) is 3.45. The lowest BCUT2D eigenvalue weighted by Crippen LogP contribution is -2.56. The summed E-state index contributed by atoms with van der Waals surface area (Å²) in [6.45, 7) is 0.216. The molecule has 0 bridgehead atoms. The molecule has 0 saturated carbocycles. The number of nitrogens with zero attached hydrogens (tertiary/aromatic N) is 5. The molecule has 3 aromatic rings. The number of nitrogen functional groups attached to an aromatic ring is 1. The van der Waals surface area contributed by atoms with Crippen LogP contribution in [0.4, 0.5) is 11.5 Å². The largest absolute Gasteiger partial charge is 0.400 e. The second kappa shape index (κ2) is 11.3. The van der Waals surface area contributed by atoms with Crippen LogP contribution in [0.5, 0.6) is 0 Å². The van der Waals surface area contributed by atoms with Gasteiger partial charge < -0.3 is 16.2 Å². The number of carbonyl (C=O) groups is 1. The summed E-state index contributed by atoms with van der Waals surface area (Å²) in [5, 5.41) is 16.5. The molecule has 12 heteroatoms. The van der Waals surface area contributed by atoms with Crippen molar-refractivity contribution in [2.75, 3.05) is 19.4 Å². The molecule has 0 saturated heterocycles. The van der Waals surface area contributed by atoms with Gasteiger partial charge in [0, 0.05) is 17.7 Å². The molecular weight excluding hydrogens is 482 g/mol. The van der Waals surface area contributed by atoms with Crippen molar-refractivity contribution < 1.29 is 9.90 Å². The molecule has 2 aliphatic heterocycles. The number of anilines is 1. The first kappa shape index (κ1) is 24.6. The van der Waals surface area contributed by atoms with Crippen molar-refractivity contribution in [3.8, 4) is 11.3 Å². The minimum Gasteiger partial charge on any atom is -0.400 e. The standard InChI is InChI=1S/C23H20ClN9O.CH4O/c24-15-7-4-8-16(11-15)28-18-9-10-19-30-31-20(33(19)32-18)13-27-23(34)21-22(25)26-12-17(29-21)14-5-2-1-3-6-14;1-2/h1-12,20,31H,13H2,(H2,25,26)(H,27,34)(H,28,32);2H,1H3. The first-order chi connectivity index (χ1) is 17.6. The van der Waals surface area contributed by atoms with Crippen LogP contribution in [-0.4, -0.2) is 57.5 Å². The number of hydrogen-bond acceptors (Lipinski definition) is 9. The predicted molar refractivity (Wildman–Crippen MR) is 139 cm³/mol. The highest BCUT2D eigenvalue weighted by atomic mass is 35.5. The Morgan fingerprint density at radius 3 is 2.78 bits per heavy atom. The summed E-state index contributed by atoms with van der Waals surface area (Å²) in [5.74, 6) is 0.892. The van der Waals surface area contributed by atoms with Gasteiger partial charge in [-0.1, -0.05) is 48.0 Å². The normalized spacial score (nSPS) is 16.8. The molecule has 36 heavy (non-hydrogen) atoms. The zero-order valence-electron chi connectivity index (χ0n) is 19.3. The molecular formula is C24H24ClN9O2. The van der Waals surface area contributed by atoms with E-state index in [4.69, 9.17) is 22.4 Å². The van der Waals surface area contributed by atoms with Gasteiger partial charge in [-0.05, 0) is 30.4 Å². The third kappa shape index (κ3) is 5.59. The number of aliphatic hydroxyl groups is 1. The van der Waals surface area contributed by atoms with Gasteiger partial charge in [0.15, 0.2) is 23.5 Å². The van der Waals surface area contributed by atoms with E-state index in [-0.39, 0.29) is 24.2 Å². The number of carbonyl (C=O) groups excluding carboxylic acids is 1. The predicted octanol–water partition coefficient (Wildman–Crippen LogP) is 2.07. The van der Waals surface area contributed by atoms with Crippen LogP contribution in [0, 0.1) is 0 Å². The van der Waals surface area contributed by atoms with Gasteiger partial charge in [-0.15, -0.1) is 0 Å². The molecule has 0 radical (unpaired) electrons. The number of aromatic nitrogens is 2. The molecule has 1 aromatic heterocycles. The van der Waals surface area contributed by atoms with Crippen LogP contribution in [0.1, 0.15) is 10.5 Å². The first-order valence-electron chi connectivity index (χ1n) is 10.9. The van der Waals surface area contributed by atoms with Crippen molar-refractivity contribution in [1.29, 1.82) is 0 Å². The summed E-state index contributed by atoms with van der Waals surface area (Å²) < 4.78 is 0. The Balaban J connectivity index is 0.00000148. The number of hydrazine groups is 1. The number of hydrazone groups is 1. The highest BCUT2D eigenvalue weighted by Crippen LogP contribution is 2.20. The van der Waals surface area contributed by atoms with E-state index >= 15 is 0 Å². The van der Waals surface area contributed by atoms with Gasteiger partial charge in [0.25, 0.3) is 5.91 Å². The maximum Gasteiger partial charge on any atom is 0.273 e. The summed E-state index contributed by atoms with van der Waals surface area (Å²) in [6, 6.07) is 16.7. The van der Waals surface area contributed by atoms with Crippen LogP contribution in [0.2, 0.25) is 5.02 Å². The number of nitrogens with one attached hydrogen (secondary N) is 3. The fraction of sp³-hybridized carbons (Fsp3) is 0.125. The monoisotopic (exact) mass is 505 g/mol. The minimum atomic E-state index is -0.432. The number of nitrogens with two attached hydrogens (primary N) is 1. The summed E-state index contributed by atoms with van der Waals surface area (Å²) in [5.41, 5.74) is 14.3. The number of aliphatic imine (C=N–C) groups is 1. The Bertz CT molecular complexity index is 1330. The molecule has 2 aromatic carbocycles. The lowest BCUT2D eigenvalue weighted by molar-refractivity contribution is 0.0935. The van der Waals surface area contributed by atoms with E-state index in [1.54, 1.807) is 23.3 Å². The SMILES string of the molecule is CO.Nc1ncc(-c2ccccc2)nc1C(=O)NCC1NN=C2C=CC(=Nc3cccc(Cl)c3)NN21. The quantitative estimate of drug-likeness (QED) is 0.353. The molecule has 0 spiro atoms. The molecule has 6 N–H and O–H groups in total. The second-order valence-electron chi connectivity index (χ2n) is 7.47. The van der Waals surface area contributed by atoms with E-state index in [1.165, 1.54) is 0 Å². The van der Waals surface area contributed by atoms with Crippen LogP contribution in [0.25, 0.3) is 11.3 Å². The van der Waals surface area contributed by atoms with Gasteiger partial charge in [0.2, 0.25) is 0 Å². The average molecular weight is 506 g/mol. The van der Waals surface area contributed by atoms with Gasteiger partial charge in [-0.25, -0.2) is 20.0 Å². The van der Waals surface area contributed by atoms with Crippen molar-refractivity contribution in [1.82, 2.24) is 31.1 Å². The number of amides is 1. The highest BCUT2D eigenvalue weighted by Gasteiger charge is 2.30. The molecule has 1 unspecified atom stereocenters. The molecule has 0 fully saturated rings. The summed E-state index contributed by atoms with van der Waals surface area (Å²) >= 11 is 6.05. The Morgan fingerprint density at radius 1 is 1.19 bits per heavy atom. The molecule has 1 atom stereocenters. The van der Waals surface area contributed by atoms with E-state index < -0.39 is 5.91 Å². The van der Waals surface area contributed by atoms with E-state index in [2.05, 4.69) is 36.2 Å². The van der Waals surface area contributed by atoms with Crippen molar-refractivity contribution in [3.63, 3.8) is 0 Å². The Hall–Kier alpha value is -4.48.